The molecule has 4 fully saturated rings. The van der Waals surface area contributed by atoms with Gasteiger partial charge in [0.25, 0.3) is 0 Å². The first-order valence-electron chi connectivity index (χ1n) is 18.9. The van der Waals surface area contributed by atoms with Crippen molar-refractivity contribution >= 4 is 24.9 Å². The van der Waals surface area contributed by atoms with Crippen molar-refractivity contribution in [1.82, 2.24) is 9.97 Å². The van der Waals surface area contributed by atoms with Crippen molar-refractivity contribution in [3.05, 3.63) is 12.1 Å². The number of methoxy groups -OCH3 is 4. The summed E-state index contributed by atoms with van der Waals surface area (Å²) < 4.78 is 56.8. The second kappa shape index (κ2) is 15.9. The van der Waals surface area contributed by atoms with Gasteiger partial charge >= 0.3 is 0 Å². The van der Waals surface area contributed by atoms with Gasteiger partial charge in [-0.3, -0.25) is 0 Å². The number of hydrogen-bond donors (Lipinski definition) is 0. The molecule has 4 saturated carbocycles. The number of aromatic nitrogens is 2. The number of hydrogen-bond acceptors (Lipinski definition) is 8. The van der Waals surface area contributed by atoms with Crippen LogP contribution >= 0.6 is 14.3 Å². The van der Waals surface area contributed by atoms with Crippen molar-refractivity contribution < 1.29 is 28.1 Å². The highest BCUT2D eigenvalue weighted by molar-refractivity contribution is 7.74. The minimum Gasteiger partial charge on any atom is -0.481 e. The Bertz CT molecular complexity index is 1330. The fraction of sp³-hybridized carbons (Fsp3) is 0.737. The van der Waals surface area contributed by atoms with Gasteiger partial charge in [-0.1, -0.05) is 77.0 Å². The largest absolute Gasteiger partial charge is 0.481 e. The zero-order valence-electron chi connectivity index (χ0n) is 29.8. The summed E-state index contributed by atoms with van der Waals surface area (Å²) in [6.45, 7) is 0. The third kappa shape index (κ3) is 6.71. The first-order chi connectivity index (χ1) is 23.4. The summed E-state index contributed by atoms with van der Waals surface area (Å²) in [7, 11) is 0.262. The maximum Gasteiger partial charge on any atom is 0.225 e. The first-order valence-corrected chi connectivity index (χ1v) is 22.6. The SMILES string of the molecule is COc1cc(P(=O)(C2CCCCC2)C2CCCCC2)c(-c2c(P(=O)(C3CCCCC3)C3CCCCC3)cc(OC)nc2OC)c(OC)n1. The zero-order chi connectivity index (χ0) is 33.7. The molecule has 10 heteroatoms. The molecular weight excluding hydrogens is 642 g/mol. The summed E-state index contributed by atoms with van der Waals surface area (Å²) in [4.78, 5) is 9.69. The lowest BCUT2D eigenvalue weighted by Crippen LogP contribution is -2.34. The Kier molecular flexibility index (Phi) is 11.8. The third-order valence-corrected chi connectivity index (χ3v) is 20.8. The standard InChI is InChI=1S/C38H58N2O6P2/c1-43-33-25-31(47(41,27-17-9-5-10-18-27)28-19-11-6-12-20-28)35(37(39-33)45-3)36-32(26-34(44-2)40-38(36)46-4)48(42,29-21-13-7-14-22-29)30-23-15-8-16-24-30/h25-30H,5-24H2,1-4H3. The smallest absolute Gasteiger partial charge is 0.225 e. The van der Waals surface area contributed by atoms with E-state index in [1.807, 2.05) is 12.1 Å². The average Bonchev–Trinajstić information content (AvgIpc) is 3.17. The van der Waals surface area contributed by atoms with Crippen LogP contribution in [0.4, 0.5) is 0 Å². The van der Waals surface area contributed by atoms with Gasteiger partial charge in [-0.2, -0.15) is 9.97 Å². The molecule has 6 rings (SSSR count). The molecule has 8 nitrogen and oxygen atoms in total. The average molecular weight is 701 g/mol. The van der Waals surface area contributed by atoms with Gasteiger partial charge in [0.15, 0.2) is 0 Å². The Labute approximate surface area is 288 Å². The lowest BCUT2D eigenvalue weighted by atomic mass is 9.99. The fourth-order valence-corrected chi connectivity index (χ4v) is 18.8. The van der Waals surface area contributed by atoms with Crippen LogP contribution in [0.25, 0.3) is 11.1 Å². The Hall–Kier alpha value is -2.04. The number of rotatable bonds is 11. The normalized spacial score (nSPS) is 21.2. The molecule has 0 unspecified atom stereocenters. The van der Waals surface area contributed by atoms with E-state index in [2.05, 4.69) is 0 Å². The van der Waals surface area contributed by atoms with Crippen LogP contribution in [-0.4, -0.2) is 61.0 Å². The van der Waals surface area contributed by atoms with Gasteiger partial charge in [0.05, 0.1) is 39.6 Å². The van der Waals surface area contributed by atoms with E-state index < -0.39 is 14.3 Å². The second-order valence-electron chi connectivity index (χ2n) is 14.7. The summed E-state index contributed by atoms with van der Waals surface area (Å²) in [5, 5.41) is 1.52. The Balaban J connectivity index is 1.70. The highest BCUT2D eigenvalue weighted by Crippen LogP contribution is 2.67. The van der Waals surface area contributed by atoms with Gasteiger partial charge < -0.3 is 28.1 Å². The molecule has 2 aromatic heterocycles. The van der Waals surface area contributed by atoms with Crippen LogP contribution in [0, 0.1) is 0 Å². The van der Waals surface area contributed by atoms with E-state index in [1.165, 1.54) is 25.7 Å². The number of pyridine rings is 2. The minimum absolute atomic E-state index is 0.0778. The summed E-state index contributed by atoms with van der Waals surface area (Å²) >= 11 is 0. The predicted octanol–water partition coefficient (Wildman–Crippen LogP) is 9.49. The molecule has 0 spiro atoms. The lowest BCUT2D eigenvalue weighted by Gasteiger charge is -2.41. The van der Waals surface area contributed by atoms with E-state index in [-0.39, 0.29) is 22.6 Å². The number of nitrogens with zero attached hydrogens (tertiary/aromatic N) is 2. The van der Waals surface area contributed by atoms with E-state index in [4.69, 9.17) is 28.9 Å². The van der Waals surface area contributed by atoms with Crippen molar-refractivity contribution in [1.29, 1.82) is 0 Å². The van der Waals surface area contributed by atoms with Gasteiger partial charge in [-0.15, -0.1) is 0 Å². The van der Waals surface area contributed by atoms with Crippen molar-refractivity contribution in [2.45, 2.75) is 151 Å². The monoisotopic (exact) mass is 700 g/mol. The van der Waals surface area contributed by atoms with Crippen LogP contribution in [-0.2, 0) is 9.13 Å². The van der Waals surface area contributed by atoms with Crippen LogP contribution in [0.3, 0.4) is 0 Å². The molecule has 4 aliphatic rings. The topological polar surface area (TPSA) is 96.8 Å². The van der Waals surface area contributed by atoms with E-state index in [9.17, 15) is 0 Å². The quantitative estimate of drug-likeness (QED) is 0.214. The fourth-order valence-electron chi connectivity index (χ4n) is 9.74. The molecule has 0 N–H and O–H groups in total. The maximum absolute atomic E-state index is 16.4. The van der Waals surface area contributed by atoms with Crippen molar-refractivity contribution in [3.63, 3.8) is 0 Å². The van der Waals surface area contributed by atoms with Crippen LogP contribution in [0.2, 0.25) is 0 Å². The molecule has 0 atom stereocenters. The van der Waals surface area contributed by atoms with E-state index in [0.29, 0.717) is 34.6 Å². The Morgan fingerprint density at radius 2 is 0.729 bits per heavy atom. The lowest BCUT2D eigenvalue weighted by molar-refractivity contribution is 0.362. The van der Waals surface area contributed by atoms with Gasteiger partial charge in [0, 0.05) is 45.4 Å². The summed E-state index contributed by atoms with van der Waals surface area (Å²) in [5.74, 6) is 1.45. The molecule has 0 bridgehead atoms. The van der Waals surface area contributed by atoms with Crippen molar-refractivity contribution in [2.75, 3.05) is 28.4 Å². The molecule has 2 heterocycles. The molecule has 4 aliphatic carbocycles. The molecule has 0 radical (unpaired) electrons. The zero-order valence-corrected chi connectivity index (χ0v) is 31.6. The molecule has 2 aromatic rings. The van der Waals surface area contributed by atoms with Crippen molar-refractivity contribution in [2.24, 2.45) is 0 Å². The van der Waals surface area contributed by atoms with Crippen LogP contribution < -0.4 is 29.6 Å². The molecule has 0 saturated heterocycles. The van der Waals surface area contributed by atoms with Gasteiger partial charge in [0.2, 0.25) is 23.5 Å². The predicted molar refractivity (Wildman–Crippen MR) is 196 cm³/mol. The molecule has 0 aliphatic heterocycles. The summed E-state index contributed by atoms with van der Waals surface area (Å²) in [5.41, 5.74) is 1.60. The molecule has 266 valence electrons. The minimum atomic E-state index is -3.10. The van der Waals surface area contributed by atoms with Gasteiger partial charge in [-0.25, -0.2) is 0 Å². The summed E-state index contributed by atoms with van der Waals surface area (Å²) in [6.07, 6.45) is 21.1. The molecule has 0 amide bonds. The highest BCUT2D eigenvalue weighted by atomic mass is 31.2. The van der Waals surface area contributed by atoms with E-state index >= 15 is 9.13 Å². The Morgan fingerprint density at radius 1 is 0.458 bits per heavy atom. The van der Waals surface area contributed by atoms with Crippen LogP contribution in [0.1, 0.15) is 128 Å². The Morgan fingerprint density at radius 3 is 0.958 bits per heavy atom. The van der Waals surface area contributed by atoms with Gasteiger partial charge in [-0.05, 0) is 51.4 Å². The van der Waals surface area contributed by atoms with Crippen LogP contribution in [0.15, 0.2) is 12.1 Å². The second-order valence-corrected chi connectivity index (χ2v) is 21.4. The van der Waals surface area contributed by atoms with Crippen LogP contribution in [0.5, 0.6) is 23.5 Å². The number of ether oxygens (including phenoxy) is 4. The third-order valence-electron chi connectivity index (χ3n) is 12.2. The maximum atomic E-state index is 16.4. The van der Waals surface area contributed by atoms with E-state index in [1.54, 1.807) is 28.4 Å². The molecular formula is C38H58N2O6P2. The molecule has 0 aromatic carbocycles. The van der Waals surface area contributed by atoms with E-state index in [0.717, 1.165) is 113 Å². The van der Waals surface area contributed by atoms with Crippen molar-refractivity contribution in [3.8, 4) is 34.6 Å². The summed E-state index contributed by atoms with van der Waals surface area (Å²) in [6, 6.07) is 3.86. The molecule has 48 heavy (non-hydrogen) atoms. The van der Waals surface area contributed by atoms with Gasteiger partial charge in [0.1, 0.15) is 14.3 Å². The first kappa shape index (κ1) is 35.8. The highest BCUT2D eigenvalue weighted by Gasteiger charge is 2.49.